The van der Waals surface area contributed by atoms with Gasteiger partial charge in [0.2, 0.25) is 5.95 Å². The Morgan fingerprint density at radius 2 is 1.28 bits per heavy atom. The Bertz CT molecular complexity index is 1840. The molecule has 0 unspecified atom stereocenters. The second-order valence-corrected chi connectivity index (χ2v) is 8.39. The van der Waals surface area contributed by atoms with Crippen LogP contribution in [-0.2, 0) is 9.47 Å². The first kappa shape index (κ1) is 27.9. The molecule has 0 aromatic carbocycles. The van der Waals surface area contributed by atoms with E-state index in [1.54, 1.807) is 13.8 Å². The zero-order valence-corrected chi connectivity index (χ0v) is 22.7. The van der Waals surface area contributed by atoms with Gasteiger partial charge in [-0.2, -0.15) is 39.7 Å². The summed E-state index contributed by atoms with van der Waals surface area (Å²) in [6, 6.07) is 0. The zero-order valence-electron chi connectivity index (χ0n) is 22.7. The molecule has 0 amide bonds. The van der Waals surface area contributed by atoms with E-state index >= 15 is 0 Å². The molecule has 0 radical (unpaired) electrons. The largest absolute Gasteiger partial charge is 0.465 e. The van der Waals surface area contributed by atoms with Crippen molar-refractivity contribution >= 4 is 46.6 Å². The van der Waals surface area contributed by atoms with Crippen molar-refractivity contribution in [2.24, 2.45) is 20.5 Å². The lowest BCUT2D eigenvalue weighted by atomic mass is 10.3. The van der Waals surface area contributed by atoms with E-state index in [0.717, 1.165) is 9.36 Å². The van der Waals surface area contributed by atoms with Gasteiger partial charge in [-0.1, -0.05) is 0 Å². The minimum Gasteiger partial charge on any atom is -0.465 e. The van der Waals surface area contributed by atoms with Crippen molar-refractivity contribution < 1.29 is 19.1 Å². The minimum absolute atomic E-state index is 0.0274. The fraction of sp³-hybridized carbons (Fsp3) is 0.190. The van der Waals surface area contributed by atoms with Gasteiger partial charge in [-0.3, -0.25) is 15.2 Å². The number of aryl methyl sites for hydroxylation is 2. The molecular formula is C21H21N17O5. The highest BCUT2D eigenvalue weighted by atomic mass is 16.5. The van der Waals surface area contributed by atoms with Crippen LogP contribution in [0.15, 0.2) is 37.6 Å². The van der Waals surface area contributed by atoms with Gasteiger partial charge in [0.1, 0.15) is 11.1 Å². The van der Waals surface area contributed by atoms with Crippen LogP contribution >= 0.6 is 0 Å². The van der Waals surface area contributed by atoms with E-state index in [1.807, 2.05) is 0 Å². The quantitative estimate of drug-likeness (QED) is 0.125. The minimum atomic E-state index is -0.827. The van der Waals surface area contributed by atoms with Gasteiger partial charge in [-0.15, -0.1) is 20.5 Å². The maximum Gasteiger partial charge on any atom is 0.351 e. The van der Waals surface area contributed by atoms with Crippen LogP contribution < -0.4 is 17.2 Å². The molecule has 0 saturated heterocycles. The van der Waals surface area contributed by atoms with Crippen LogP contribution in [-0.4, -0.2) is 81.1 Å². The first-order chi connectivity index (χ1) is 20.6. The summed E-state index contributed by atoms with van der Waals surface area (Å²) in [5.74, 6) is -1.80. The number of nitrogen functional groups attached to an aromatic ring is 2. The second-order valence-electron chi connectivity index (χ2n) is 8.39. The molecule has 5 aromatic rings. The molecule has 43 heavy (non-hydrogen) atoms. The van der Waals surface area contributed by atoms with Gasteiger partial charge < -0.3 is 20.9 Å². The number of nitrogens with two attached hydrogens (primary N) is 2. The summed E-state index contributed by atoms with van der Waals surface area (Å²) in [6.07, 6.45) is 2.47. The van der Waals surface area contributed by atoms with Crippen LogP contribution in [0.3, 0.4) is 0 Å². The standard InChI is InChI=1S/C21H21N17O5/c1-7-11(29-33-15-9(5-24-31-15)17(39)42-3)13(22)37(35-7)19-26-20(28-21(41)27-19)38-14(23)12(8(2)36-38)30-34-16-10(6-25-32-16)18(40)43-4/h5-6H,22-23H2,1-4H3,(H,24,31)(H,25,32)(H,26,27,28,41). The third-order valence-corrected chi connectivity index (χ3v) is 5.69. The van der Waals surface area contributed by atoms with Gasteiger partial charge in [0.25, 0.3) is 5.95 Å². The summed E-state index contributed by atoms with van der Waals surface area (Å²) in [6.45, 7) is 3.17. The van der Waals surface area contributed by atoms with Crippen molar-refractivity contribution in [2.45, 2.75) is 13.8 Å². The van der Waals surface area contributed by atoms with Gasteiger partial charge in [0.05, 0.1) is 38.0 Å². The van der Waals surface area contributed by atoms with Crippen LogP contribution in [0.25, 0.3) is 11.9 Å². The molecule has 7 N–H and O–H groups in total. The van der Waals surface area contributed by atoms with Crippen LogP contribution in [0.5, 0.6) is 0 Å². The van der Waals surface area contributed by atoms with E-state index in [1.165, 1.54) is 26.6 Å². The Morgan fingerprint density at radius 1 is 0.791 bits per heavy atom. The van der Waals surface area contributed by atoms with Crippen molar-refractivity contribution in [1.29, 1.82) is 0 Å². The van der Waals surface area contributed by atoms with Gasteiger partial charge >= 0.3 is 17.6 Å². The number of aromatic amines is 3. The van der Waals surface area contributed by atoms with Crippen LogP contribution in [0, 0.1) is 13.8 Å². The number of hydrogen-bond acceptors (Lipinski definition) is 17. The Balaban J connectivity index is 1.49. The summed E-state index contributed by atoms with van der Waals surface area (Å²) in [5, 5.41) is 37.2. The van der Waals surface area contributed by atoms with E-state index < -0.39 is 17.6 Å². The second kappa shape index (κ2) is 11.1. The number of ether oxygens (including phenoxy) is 2. The molecular weight excluding hydrogens is 570 g/mol. The number of anilines is 2. The number of azo groups is 2. The van der Waals surface area contributed by atoms with E-state index in [0.29, 0.717) is 11.4 Å². The lowest BCUT2D eigenvalue weighted by molar-refractivity contribution is 0.0592. The number of H-pyrrole nitrogens is 3. The van der Waals surface area contributed by atoms with Crippen molar-refractivity contribution in [3.05, 3.63) is 45.4 Å². The highest BCUT2D eigenvalue weighted by Gasteiger charge is 2.21. The predicted octanol–water partition coefficient (Wildman–Crippen LogP) is 1.17. The number of hydrogen-bond donors (Lipinski definition) is 5. The summed E-state index contributed by atoms with van der Waals surface area (Å²) >= 11 is 0. The van der Waals surface area contributed by atoms with Gasteiger partial charge in [-0.25, -0.2) is 14.4 Å². The zero-order chi connectivity index (χ0) is 30.8. The molecule has 0 fully saturated rings. The van der Waals surface area contributed by atoms with Gasteiger partial charge in [0.15, 0.2) is 34.6 Å². The number of aromatic nitrogens is 11. The molecule has 0 aliphatic rings. The van der Waals surface area contributed by atoms with Crippen LogP contribution in [0.2, 0.25) is 0 Å². The van der Waals surface area contributed by atoms with E-state index in [9.17, 15) is 14.4 Å². The maximum absolute atomic E-state index is 12.5. The lowest BCUT2D eigenvalue weighted by Gasteiger charge is -2.06. The first-order valence-electron chi connectivity index (χ1n) is 11.9. The molecule has 220 valence electrons. The first-order valence-corrected chi connectivity index (χ1v) is 11.9. The highest BCUT2D eigenvalue weighted by molar-refractivity contribution is 5.94. The van der Waals surface area contributed by atoms with Crippen molar-refractivity contribution in [3.8, 4) is 11.9 Å². The summed E-state index contributed by atoms with van der Waals surface area (Å²) in [5.41, 5.74) is 12.6. The number of nitrogens with one attached hydrogen (secondary N) is 3. The number of methoxy groups -OCH3 is 2. The highest BCUT2D eigenvalue weighted by Crippen LogP contribution is 2.32. The lowest BCUT2D eigenvalue weighted by Crippen LogP contribution is -2.22. The number of esters is 2. The number of carbonyl (C=O) groups excluding carboxylic acids is 2. The molecule has 22 nitrogen and oxygen atoms in total. The average Bonchev–Trinajstić information content (AvgIpc) is 3.77. The molecule has 5 aromatic heterocycles. The monoisotopic (exact) mass is 591 g/mol. The molecule has 0 atom stereocenters. The number of rotatable bonds is 8. The maximum atomic E-state index is 12.5. The van der Waals surface area contributed by atoms with E-state index in [-0.39, 0.29) is 57.7 Å². The average molecular weight is 592 g/mol. The van der Waals surface area contributed by atoms with E-state index in [4.69, 9.17) is 11.5 Å². The van der Waals surface area contributed by atoms with Gasteiger partial charge in [0, 0.05) is 0 Å². The Kier molecular flexibility index (Phi) is 7.22. The summed E-state index contributed by atoms with van der Waals surface area (Å²) in [4.78, 5) is 46.8. The van der Waals surface area contributed by atoms with Crippen LogP contribution in [0.1, 0.15) is 32.1 Å². The Hall–Kier alpha value is -6.61. The molecule has 0 aliphatic heterocycles. The van der Waals surface area contributed by atoms with Crippen molar-refractivity contribution in [2.75, 3.05) is 25.7 Å². The third-order valence-electron chi connectivity index (χ3n) is 5.69. The number of nitrogens with zero attached hydrogens (tertiary/aromatic N) is 12. The molecule has 0 bridgehead atoms. The fourth-order valence-electron chi connectivity index (χ4n) is 3.62. The SMILES string of the molecule is COC(=O)c1cn[nH]c1N=Nc1c(C)nn(-c2nc(-n3nc(C)c(N=Nc4[nH]ncc4C(=O)OC)c3N)[nH]c(=O)n2)c1N. The molecule has 5 rings (SSSR count). The molecule has 0 saturated carbocycles. The van der Waals surface area contributed by atoms with E-state index in [2.05, 4.69) is 75.5 Å². The van der Waals surface area contributed by atoms with Crippen LogP contribution in [0.4, 0.5) is 34.6 Å². The smallest absolute Gasteiger partial charge is 0.351 e. The normalized spacial score (nSPS) is 11.5. The Labute approximate surface area is 238 Å². The topological polar surface area (TPSA) is 306 Å². The third kappa shape index (κ3) is 5.17. The fourth-order valence-corrected chi connectivity index (χ4v) is 3.62. The van der Waals surface area contributed by atoms with Gasteiger partial charge in [-0.05, 0) is 13.8 Å². The summed E-state index contributed by atoms with van der Waals surface area (Å²) < 4.78 is 11.5. The molecule has 5 heterocycles. The molecule has 0 spiro atoms. The van der Waals surface area contributed by atoms with Crippen molar-refractivity contribution in [1.82, 2.24) is 54.9 Å². The summed E-state index contributed by atoms with van der Waals surface area (Å²) in [7, 11) is 2.43. The predicted molar refractivity (Wildman–Crippen MR) is 143 cm³/mol. The molecule has 22 heteroatoms. The Morgan fingerprint density at radius 3 is 1.79 bits per heavy atom. The van der Waals surface area contributed by atoms with Crippen molar-refractivity contribution in [3.63, 3.8) is 0 Å². The number of carbonyl (C=O) groups is 2. The molecule has 0 aliphatic carbocycles.